The van der Waals surface area contributed by atoms with Crippen molar-refractivity contribution in [3.8, 4) is 0 Å². The van der Waals surface area contributed by atoms with E-state index in [0.717, 1.165) is 25.2 Å². The van der Waals surface area contributed by atoms with Gasteiger partial charge in [0, 0.05) is 52.4 Å². The first kappa shape index (κ1) is 26.6. The van der Waals surface area contributed by atoms with E-state index in [0.29, 0.717) is 25.7 Å². The minimum absolute atomic E-state index is 0. The molecule has 0 spiro atoms. The number of amides is 1. The molecule has 0 aliphatic heterocycles. The number of likely N-dealkylation sites (N-methyl/N-ethyl adjacent to an activating group) is 1. The molecule has 10 heteroatoms. The second kappa shape index (κ2) is 13.7. The van der Waals surface area contributed by atoms with Crippen LogP contribution in [0.2, 0.25) is 0 Å². The molecule has 0 aliphatic carbocycles. The number of nitrogens with zero attached hydrogens (tertiary/aromatic N) is 5. The number of rotatable bonds is 10. The third-order valence-corrected chi connectivity index (χ3v) is 3.67. The topological polar surface area (TPSA) is 96.7 Å². The molecule has 0 atom stereocenters. The highest BCUT2D eigenvalue weighted by atomic mass is 127. The lowest BCUT2D eigenvalue weighted by atomic mass is 10.1. The maximum atomic E-state index is 12.2. The van der Waals surface area contributed by atoms with Gasteiger partial charge in [0.05, 0.1) is 6.54 Å². The minimum Gasteiger partial charge on any atom is -0.385 e. The Kier molecular flexibility index (Phi) is 13.0. The van der Waals surface area contributed by atoms with Crippen LogP contribution in [-0.4, -0.2) is 77.5 Å². The molecule has 162 valence electrons. The van der Waals surface area contributed by atoms with Gasteiger partial charge in [0.15, 0.2) is 5.96 Å². The molecular formula is C18H36IN7O2. The van der Waals surface area contributed by atoms with Crippen molar-refractivity contribution >= 4 is 35.8 Å². The van der Waals surface area contributed by atoms with Gasteiger partial charge in [0.25, 0.3) is 0 Å². The van der Waals surface area contributed by atoms with E-state index < -0.39 is 0 Å². The summed E-state index contributed by atoms with van der Waals surface area (Å²) in [5.74, 6) is 1.61. The molecule has 0 saturated heterocycles. The molecule has 1 heterocycles. The summed E-state index contributed by atoms with van der Waals surface area (Å²) in [7, 11) is 3.54. The van der Waals surface area contributed by atoms with E-state index in [1.165, 1.54) is 0 Å². The third kappa shape index (κ3) is 10.8. The molecule has 0 bridgehead atoms. The van der Waals surface area contributed by atoms with Gasteiger partial charge in [0.2, 0.25) is 5.91 Å². The van der Waals surface area contributed by atoms with Gasteiger partial charge in [-0.2, -0.15) is 0 Å². The number of aryl methyl sites for hydroxylation is 1. The van der Waals surface area contributed by atoms with E-state index in [1.54, 1.807) is 13.4 Å². The first-order valence-electron chi connectivity index (χ1n) is 9.43. The Morgan fingerprint density at radius 1 is 1.39 bits per heavy atom. The molecule has 0 radical (unpaired) electrons. The summed E-state index contributed by atoms with van der Waals surface area (Å²) in [5.41, 5.74) is -0.258. The highest BCUT2D eigenvalue weighted by molar-refractivity contribution is 14.0. The van der Waals surface area contributed by atoms with Crippen LogP contribution < -0.4 is 10.6 Å². The second-order valence-electron chi connectivity index (χ2n) is 7.43. The van der Waals surface area contributed by atoms with Crippen LogP contribution >= 0.6 is 24.0 Å². The van der Waals surface area contributed by atoms with Gasteiger partial charge in [-0.3, -0.25) is 9.79 Å². The molecule has 9 nitrogen and oxygen atoms in total. The van der Waals surface area contributed by atoms with Gasteiger partial charge in [-0.1, -0.05) is 6.92 Å². The fourth-order valence-electron chi connectivity index (χ4n) is 2.48. The van der Waals surface area contributed by atoms with E-state index in [9.17, 15) is 4.79 Å². The van der Waals surface area contributed by atoms with Gasteiger partial charge >= 0.3 is 0 Å². The summed E-state index contributed by atoms with van der Waals surface area (Å²) in [6.45, 7) is 10.9. The summed E-state index contributed by atoms with van der Waals surface area (Å²) in [6, 6.07) is 0. The predicted molar refractivity (Wildman–Crippen MR) is 122 cm³/mol. The Morgan fingerprint density at radius 2 is 2.11 bits per heavy atom. The molecule has 0 aromatic carbocycles. The van der Waals surface area contributed by atoms with E-state index in [2.05, 4.69) is 32.7 Å². The standard InChI is InChI=1S/C18H35N7O2.HI/c1-7-15-23-21-14-25(15)11-10-20-17(19-9-8-12-27-6)24(5)13-16(26)22-18(2,3)4;/h14H,7-13H2,1-6H3,(H,19,20)(H,22,26);1H. The van der Waals surface area contributed by atoms with Crippen molar-refractivity contribution in [2.45, 2.75) is 52.6 Å². The Labute approximate surface area is 185 Å². The number of carbonyl (C=O) groups is 1. The second-order valence-corrected chi connectivity index (χ2v) is 7.43. The molecule has 1 aromatic heterocycles. The molecular weight excluding hydrogens is 473 g/mol. The summed E-state index contributed by atoms with van der Waals surface area (Å²) in [6.07, 6.45) is 3.40. The average molecular weight is 509 g/mol. The molecule has 0 saturated carbocycles. The maximum Gasteiger partial charge on any atom is 0.240 e. The largest absolute Gasteiger partial charge is 0.385 e. The van der Waals surface area contributed by atoms with E-state index in [1.807, 2.05) is 37.3 Å². The van der Waals surface area contributed by atoms with Crippen molar-refractivity contribution in [3.05, 3.63) is 12.2 Å². The number of carbonyl (C=O) groups excluding carboxylic acids is 1. The first-order valence-corrected chi connectivity index (χ1v) is 9.43. The Hall–Kier alpha value is -1.43. The Bertz CT molecular complexity index is 599. The number of hydrogen-bond donors (Lipinski definition) is 2. The van der Waals surface area contributed by atoms with E-state index in [-0.39, 0.29) is 42.0 Å². The monoisotopic (exact) mass is 509 g/mol. The number of nitrogens with one attached hydrogen (secondary N) is 2. The highest BCUT2D eigenvalue weighted by Crippen LogP contribution is 1.99. The molecule has 1 amide bonds. The zero-order valence-corrected chi connectivity index (χ0v) is 20.3. The lowest BCUT2D eigenvalue weighted by Crippen LogP contribution is -2.49. The Balaban J connectivity index is 0.00000729. The Morgan fingerprint density at radius 3 is 2.71 bits per heavy atom. The minimum atomic E-state index is -0.258. The van der Waals surface area contributed by atoms with Crippen LogP contribution in [0.4, 0.5) is 0 Å². The number of ether oxygens (including phenoxy) is 1. The molecule has 28 heavy (non-hydrogen) atoms. The van der Waals surface area contributed by atoms with Crippen LogP contribution in [0.15, 0.2) is 11.3 Å². The highest BCUT2D eigenvalue weighted by Gasteiger charge is 2.17. The van der Waals surface area contributed by atoms with Crippen molar-refractivity contribution in [1.82, 2.24) is 30.3 Å². The van der Waals surface area contributed by atoms with Crippen LogP contribution in [0.1, 0.15) is 39.9 Å². The lowest BCUT2D eigenvalue weighted by molar-refractivity contribution is -0.122. The normalized spacial score (nSPS) is 11.7. The summed E-state index contributed by atoms with van der Waals surface area (Å²) in [5, 5.41) is 14.3. The molecule has 2 N–H and O–H groups in total. The fraction of sp³-hybridized carbons (Fsp3) is 0.778. The van der Waals surface area contributed by atoms with Gasteiger partial charge in [-0.05, 0) is 27.2 Å². The molecule has 1 aromatic rings. The quantitative estimate of drug-likeness (QED) is 0.214. The maximum absolute atomic E-state index is 12.2. The average Bonchev–Trinajstić information content (AvgIpc) is 3.02. The molecule has 0 unspecified atom stereocenters. The number of aliphatic imine (C=N–C) groups is 1. The lowest BCUT2D eigenvalue weighted by Gasteiger charge is -2.25. The van der Waals surface area contributed by atoms with Crippen LogP contribution in [0.25, 0.3) is 0 Å². The predicted octanol–water partition coefficient (Wildman–Crippen LogP) is 1.29. The van der Waals surface area contributed by atoms with Crippen LogP contribution in [0, 0.1) is 0 Å². The molecule has 1 rings (SSSR count). The number of aromatic nitrogens is 3. The van der Waals surface area contributed by atoms with Crippen molar-refractivity contribution in [1.29, 1.82) is 0 Å². The van der Waals surface area contributed by atoms with Crippen LogP contribution in [0.3, 0.4) is 0 Å². The van der Waals surface area contributed by atoms with Crippen LogP contribution in [0.5, 0.6) is 0 Å². The van der Waals surface area contributed by atoms with Crippen molar-refractivity contribution in [3.63, 3.8) is 0 Å². The van der Waals surface area contributed by atoms with Crippen LogP contribution in [-0.2, 0) is 22.5 Å². The van der Waals surface area contributed by atoms with Crippen molar-refractivity contribution in [2.75, 3.05) is 40.4 Å². The fourth-order valence-corrected chi connectivity index (χ4v) is 2.48. The number of hydrogen-bond acceptors (Lipinski definition) is 5. The molecule has 0 fully saturated rings. The summed E-state index contributed by atoms with van der Waals surface area (Å²) in [4.78, 5) is 18.7. The smallest absolute Gasteiger partial charge is 0.240 e. The third-order valence-electron chi connectivity index (χ3n) is 3.67. The van der Waals surface area contributed by atoms with Gasteiger partial charge < -0.3 is 24.8 Å². The summed E-state index contributed by atoms with van der Waals surface area (Å²) >= 11 is 0. The van der Waals surface area contributed by atoms with E-state index >= 15 is 0 Å². The van der Waals surface area contributed by atoms with E-state index in [4.69, 9.17) is 4.74 Å². The SMILES string of the molecule is CCc1nncn1CCNC(=NCCCOC)N(C)CC(=O)NC(C)(C)C.I. The van der Waals surface area contributed by atoms with Gasteiger partial charge in [-0.25, -0.2) is 0 Å². The number of guanidine groups is 1. The zero-order chi connectivity index (χ0) is 20.3. The van der Waals surface area contributed by atoms with Gasteiger partial charge in [0.1, 0.15) is 12.2 Å². The number of methoxy groups -OCH3 is 1. The zero-order valence-electron chi connectivity index (χ0n) is 18.0. The van der Waals surface area contributed by atoms with Gasteiger partial charge in [-0.15, -0.1) is 34.2 Å². The molecule has 0 aliphatic rings. The van der Waals surface area contributed by atoms with Crippen molar-refractivity contribution < 1.29 is 9.53 Å². The first-order chi connectivity index (χ1) is 12.8. The summed E-state index contributed by atoms with van der Waals surface area (Å²) < 4.78 is 7.09. The van der Waals surface area contributed by atoms with Crippen molar-refractivity contribution in [2.24, 2.45) is 4.99 Å². The number of halogens is 1.